The van der Waals surface area contributed by atoms with Gasteiger partial charge in [-0.2, -0.15) is 0 Å². The summed E-state index contributed by atoms with van der Waals surface area (Å²) in [5.74, 6) is -0.923. The van der Waals surface area contributed by atoms with Crippen molar-refractivity contribution >= 4 is 11.8 Å². The third kappa shape index (κ3) is 3.08. The number of aliphatic imine (C=N–C) groups is 2. The maximum atomic E-state index is 14.6. The van der Waals surface area contributed by atoms with Crippen molar-refractivity contribution in [2.45, 2.75) is 17.6 Å². The summed E-state index contributed by atoms with van der Waals surface area (Å²) in [4.78, 5) is 7.93. The van der Waals surface area contributed by atoms with Gasteiger partial charge in [-0.05, 0) is 12.1 Å². The van der Waals surface area contributed by atoms with E-state index in [0.717, 1.165) is 12.1 Å². The van der Waals surface area contributed by atoms with Crippen LogP contribution in [0.4, 0.5) is 13.2 Å². The molecule has 0 saturated heterocycles. The second-order valence-corrected chi connectivity index (χ2v) is 6.14. The van der Waals surface area contributed by atoms with E-state index in [9.17, 15) is 13.2 Å². The summed E-state index contributed by atoms with van der Waals surface area (Å²) >= 11 is 0. The number of halogens is 3. The Morgan fingerprint density at radius 2 is 2.04 bits per heavy atom. The van der Waals surface area contributed by atoms with Crippen LogP contribution < -0.4 is 22.5 Å². The van der Waals surface area contributed by atoms with Gasteiger partial charge in [0.1, 0.15) is 18.3 Å². The summed E-state index contributed by atoms with van der Waals surface area (Å²) in [7, 11) is 1.36. The molecule has 0 fully saturated rings. The molecule has 2 aliphatic rings. The minimum Gasteiger partial charge on any atom is -0.495 e. The molecule has 2 atom stereocenters. The van der Waals surface area contributed by atoms with Gasteiger partial charge in [-0.3, -0.25) is 10.7 Å². The van der Waals surface area contributed by atoms with Crippen LogP contribution in [0.5, 0.6) is 0 Å². The second kappa shape index (κ2) is 6.74. The van der Waals surface area contributed by atoms with E-state index in [1.165, 1.54) is 19.4 Å². The highest BCUT2D eigenvalue weighted by atomic mass is 19.3. The Morgan fingerprint density at radius 3 is 2.67 bits per heavy atom. The number of alkyl halides is 2. The Morgan fingerprint density at radius 1 is 1.30 bits per heavy atom. The molecular weight excluding hydrogens is 365 g/mol. The fourth-order valence-electron chi connectivity index (χ4n) is 3.04. The van der Waals surface area contributed by atoms with Crippen molar-refractivity contribution < 1.29 is 22.6 Å². The fraction of sp³-hybridized carbons (Fsp3) is 0.375. The van der Waals surface area contributed by atoms with Gasteiger partial charge in [0, 0.05) is 17.3 Å². The molecule has 0 spiro atoms. The first-order valence-electron chi connectivity index (χ1n) is 7.89. The Kier molecular flexibility index (Phi) is 4.74. The quantitative estimate of drug-likeness (QED) is 0.586. The molecule has 2 heterocycles. The van der Waals surface area contributed by atoms with E-state index < -0.39 is 35.6 Å². The van der Waals surface area contributed by atoms with Gasteiger partial charge in [0.25, 0.3) is 6.43 Å². The number of nitrogens with two attached hydrogens (primary N) is 3. The standard InChI is InChI=1S/C16H19F3N6O2/c1-26-11-5-23-14(21)25-16(11,22)8-2-3-10(17)9(4-8)15(13(18)19)7-27-6-12(20)24-15/h2-5,13H,6-7,22H2,1H3,(H2,20,24)(H3,21,23,25)/t15-,16?/m0/s1. The summed E-state index contributed by atoms with van der Waals surface area (Å²) in [5, 5.41) is 2.64. The van der Waals surface area contributed by atoms with Gasteiger partial charge in [0.05, 0.1) is 13.7 Å². The molecule has 0 amide bonds. The molecule has 11 heteroatoms. The van der Waals surface area contributed by atoms with E-state index in [-0.39, 0.29) is 29.7 Å². The van der Waals surface area contributed by atoms with Crippen molar-refractivity contribution in [1.29, 1.82) is 0 Å². The number of hydrogen-bond acceptors (Lipinski definition) is 8. The predicted octanol–water partition coefficient (Wildman–Crippen LogP) is 0.191. The maximum Gasteiger partial charge on any atom is 0.269 e. The number of methoxy groups -OCH3 is 1. The molecule has 146 valence electrons. The summed E-state index contributed by atoms with van der Waals surface area (Å²) in [6.45, 7) is -0.650. The SMILES string of the molecule is COC1=CNC(N)=NC1(N)c1ccc(F)c([C@]2(C(F)F)COCC(N)=N2)c1. The van der Waals surface area contributed by atoms with Crippen LogP contribution in [0.25, 0.3) is 0 Å². The molecule has 0 aliphatic carbocycles. The Hall–Kier alpha value is -2.79. The Bertz CT molecular complexity index is 843. The van der Waals surface area contributed by atoms with Crippen molar-refractivity contribution in [2.75, 3.05) is 20.3 Å². The molecule has 1 aromatic rings. The highest BCUT2D eigenvalue weighted by Gasteiger charge is 2.47. The zero-order chi connectivity index (χ0) is 19.8. The minimum absolute atomic E-state index is 0.0176. The van der Waals surface area contributed by atoms with Crippen molar-refractivity contribution in [2.24, 2.45) is 27.2 Å². The number of nitrogens with one attached hydrogen (secondary N) is 1. The van der Waals surface area contributed by atoms with Crippen LogP contribution in [0, 0.1) is 5.82 Å². The average molecular weight is 384 g/mol. The third-order valence-corrected chi connectivity index (χ3v) is 4.39. The number of benzene rings is 1. The van der Waals surface area contributed by atoms with Crippen molar-refractivity contribution in [3.63, 3.8) is 0 Å². The first kappa shape index (κ1) is 19.0. The molecule has 7 N–H and O–H groups in total. The van der Waals surface area contributed by atoms with Gasteiger partial charge in [0.2, 0.25) is 0 Å². The smallest absolute Gasteiger partial charge is 0.269 e. The highest BCUT2D eigenvalue weighted by Crippen LogP contribution is 2.39. The summed E-state index contributed by atoms with van der Waals surface area (Å²) in [6, 6.07) is 3.47. The third-order valence-electron chi connectivity index (χ3n) is 4.39. The lowest BCUT2D eigenvalue weighted by Gasteiger charge is -2.35. The van der Waals surface area contributed by atoms with E-state index in [4.69, 9.17) is 26.7 Å². The minimum atomic E-state index is -3.08. The maximum absolute atomic E-state index is 14.6. The number of amidine groups is 1. The first-order valence-corrected chi connectivity index (χ1v) is 7.89. The predicted molar refractivity (Wildman–Crippen MR) is 92.2 cm³/mol. The lowest BCUT2D eigenvalue weighted by Crippen LogP contribution is -2.47. The molecular formula is C16H19F3N6O2. The number of rotatable bonds is 4. The zero-order valence-corrected chi connectivity index (χ0v) is 14.4. The molecule has 27 heavy (non-hydrogen) atoms. The number of guanidine groups is 1. The summed E-state index contributed by atoms with van der Waals surface area (Å²) < 4.78 is 52.8. The molecule has 0 saturated carbocycles. The van der Waals surface area contributed by atoms with Gasteiger partial charge < -0.3 is 26.3 Å². The molecule has 3 rings (SSSR count). The van der Waals surface area contributed by atoms with Gasteiger partial charge >= 0.3 is 0 Å². The van der Waals surface area contributed by atoms with E-state index in [2.05, 4.69) is 15.3 Å². The van der Waals surface area contributed by atoms with E-state index in [1.807, 2.05) is 0 Å². The second-order valence-electron chi connectivity index (χ2n) is 6.14. The van der Waals surface area contributed by atoms with Gasteiger partial charge in [-0.1, -0.05) is 6.07 Å². The normalized spacial score (nSPS) is 28.1. The number of hydrogen-bond donors (Lipinski definition) is 4. The van der Waals surface area contributed by atoms with Crippen LogP contribution >= 0.6 is 0 Å². The zero-order valence-electron chi connectivity index (χ0n) is 14.4. The van der Waals surface area contributed by atoms with Crippen molar-refractivity contribution in [1.82, 2.24) is 5.32 Å². The molecule has 1 aromatic carbocycles. The molecule has 2 aliphatic heterocycles. The summed E-state index contributed by atoms with van der Waals surface area (Å²) in [5.41, 5.74) is 13.4. The molecule has 0 radical (unpaired) electrons. The molecule has 8 nitrogen and oxygen atoms in total. The number of ether oxygens (including phenoxy) is 2. The lowest BCUT2D eigenvalue weighted by molar-refractivity contribution is -0.0147. The van der Waals surface area contributed by atoms with Gasteiger partial charge in [-0.25, -0.2) is 18.2 Å². The fourth-order valence-corrected chi connectivity index (χ4v) is 3.04. The van der Waals surface area contributed by atoms with E-state index >= 15 is 0 Å². The largest absolute Gasteiger partial charge is 0.495 e. The number of nitrogens with zero attached hydrogens (tertiary/aromatic N) is 2. The topological polar surface area (TPSA) is 133 Å². The van der Waals surface area contributed by atoms with Crippen LogP contribution in [0.1, 0.15) is 11.1 Å². The average Bonchev–Trinajstić information content (AvgIpc) is 2.61. The monoisotopic (exact) mass is 384 g/mol. The molecule has 0 bridgehead atoms. The van der Waals surface area contributed by atoms with Crippen molar-refractivity contribution in [3.05, 3.63) is 47.1 Å². The molecule has 1 unspecified atom stereocenters. The van der Waals surface area contributed by atoms with Crippen LogP contribution in [0.15, 0.2) is 40.1 Å². The highest BCUT2D eigenvalue weighted by molar-refractivity contribution is 5.83. The van der Waals surface area contributed by atoms with Crippen LogP contribution in [-0.2, 0) is 20.7 Å². The van der Waals surface area contributed by atoms with Crippen LogP contribution in [0.3, 0.4) is 0 Å². The van der Waals surface area contributed by atoms with Gasteiger partial charge in [0.15, 0.2) is 22.9 Å². The van der Waals surface area contributed by atoms with Crippen molar-refractivity contribution in [3.8, 4) is 0 Å². The van der Waals surface area contributed by atoms with Crippen LogP contribution in [-0.4, -0.2) is 38.5 Å². The summed E-state index contributed by atoms with van der Waals surface area (Å²) in [6.07, 6.45) is -1.69. The Labute approximate surface area is 152 Å². The lowest BCUT2D eigenvalue weighted by atomic mass is 9.86. The van der Waals surface area contributed by atoms with Crippen LogP contribution in [0.2, 0.25) is 0 Å². The van der Waals surface area contributed by atoms with E-state index in [1.54, 1.807) is 0 Å². The van der Waals surface area contributed by atoms with Gasteiger partial charge in [-0.15, -0.1) is 0 Å². The Balaban J connectivity index is 2.19. The first-order chi connectivity index (χ1) is 12.7. The molecule has 0 aromatic heterocycles. The van der Waals surface area contributed by atoms with E-state index in [0.29, 0.717) is 0 Å².